The molecule has 2 N–H and O–H groups in total. The molecule has 0 aromatic carbocycles. The van der Waals surface area contributed by atoms with Crippen molar-refractivity contribution in [2.75, 3.05) is 72.6 Å². The predicted molar refractivity (Wildman–Crippen MR) is 247 cm³/mol. The van der Waals surface area contributed by atoms with Crippen LogP contribution in [0.3, 0.4) is 0 Å². The molecule has 0 aromatic rings. The highest BCUT2D eigenvalue weighted by atomic mass is 16.6. The average Bonchev–Trinajstić information content (AvgIpc) is 3.17. The van der Waals surface area contributed by atoms with E-state index in [0.29, 0.717) is 110 Å². The Labute approximate surface area is 377 Å². The zero-order valence-electron chi connectivity index (χ0n) is 42.4. The largest absolute Gasteiger partial charge is 0.463 e. The van der Waals surface area contributed by atoms with Crippen LogP contribution in [0, 0.1) is 27.6 Å². The first-order valence-corrected chi connectivity index (χ1v) is 22.7. The van der Waals surface area contributed by atoms with Gasteiger partial charge in [0.15, 0.2) is 0 Å². The van der Waals surface area contributed by atoms with Gasteiger partial charge in [0.1, 0.15) is 29.7 Å². The van der Waals surface area contributed by atoms with E-state index in [1.165, 1.54) is 0 Å². The summed E-state index contributed by atoms with van der Waals surface area (Å²) in [4.78, 5) is 78.6. The quantitative estimate of drug-likeness (QED) is 0.0597. The van der Waals surface area contributed by atoms with Crippen molar-refractivity contribution in [3.8, 4) is 0 Å². The fourth-order valence-electron chi connectivity index (χ4n) is 4.55. The first kappa shape index (κ1) is 65.5. The maximum Gasteiger partial charge on any atom is 0.305 e. The van der Waals surface area contributed by atoms with E-state index in [1.54, 1.807) is 13.8 Å². The minimum Gasteiger partial charge on any atom is -0.463 e. The molecular formula is C48H92N2O12. The molecule has 0 radical (unpaired) electrons. The van der Waals surface area contributed by atoms with E-state index in [9.17, 15) is 33.6 Å². The smallest absolute Gasteiger partial charge is 0.305 e. The highest BCUT2D eigenvalue weighted by Crippen LogP contribution is 2.22. The van der Waals surface area contributed by atoms with Gasteiger partial charge < -0.3 is 34.3 Å². The van der Waals surface area contributed by atoms with Crippen LogP contribution in [-0.4, -0.2) is 113 Å². The summed E-state index contributed by atoms with van der Waals surface area (Å²) in [5.74, 6) is 1.02. The van der Waals surface area contributed by atoms with Gasteiger partial charge in [-0.2, -0.15) is 0 Å². The average molecular weight is 889 g/mol. The van der Waals surface area contributed by atoms with Crippen LogP contribution in [0.25, 0.3) is 0 Å². The first-order valence-electron chi connectivity index (χ1n) is 22.7. The molecule has 0 fully saturated rings. The van der Waals surface area contributed by atoms with E-state index in [1.807, 2.05) is 96.9 Å². The molecule has 0 aromatic heterocycles. The molecule has 0 saturated heterocycles. The number of carbonyl (C=O) groups excluding carboxylic acids is 7. The number of Topliss-reactive ketones (excluding diaryl/α,β-unsaturated/α-hetero) is 4. The predicted octanol–water partition coefficient (Wildman–Crippen LogP) is 8.08. The van der Waals surface area contributed by atoms with E-state index in [-0.39, 0.29) is 69.3 Å². The van der Waals surface area contributed by atoms with Crippen LogP contribution < -0.4 is 10.6 Å². The summed E-state index contributed by atoms with van der Waals surface area (Å²) in [6.45, 7) is 37.3. The van der Waals surface area contributed by atoms with Crippen LogP contribution in [0.4, 0.5) is 0 Å². The maximum atomic E-state index is 11.6. The van der Waals surface area contributed by atoms with Crippen LogP contribution in [-0.2, 0) is 57.2 Å². The number of amides is 2. The number of carbonyl (C=O) groups is 7. The van der Waals surface area contributed by atoms with Gasteiger partial charge in [0, 0.05) is 79.2 Å². The molecule has 0 bridgehead atoms. The molecule has 0 heterocycles. The van der Waals surface area contributed by atoms with Gasteiger partial charge in [0.2, 0.25) is 11.8 Å². The SMILES string of the molecule is CCC(=O)NCCC(=O)C(C)(C)C.CCC(=O)NCCOCCOCCC(=O)C(C)(C)C.CCC(=O)OCCOCCOCCC(=O)C(C)(C)C.CCCC(C)C(=O)C(C)(C)C. The Bertz CT molecular complexity index is 1180. The third-order valence-electron chi connectivity index (χ3n) is 8.77. The third kappa shape index (κ3) is 43.6. The number of ketones is 4. The maximum absolute atomic E-state index is 11.6. The molecule has 0 rings (SSSR count). The van der Waals surface area contributed by atoms with Gasteiger partial charge in [0.05, 0.1) is 52.9 Å². The number of nitrogens with one attached hydrogen (secondary N) is 2. The molecule has 0 saturated carbocycles. The van der Waals surface area contributed by atoms with Crippen molar-refractivity contribution < 1.29 is 57.2 Å². The Balaban J connectivity index is -0.000000371. The minimum atomic E-state index is -0.303. The van der Waals surface area contributed by atoms with Gasteiger partial charge in [-0.05, 0) is 6.42 Å². The van der Waals surface area contributed by atoms with Crippen LogP contribution in [0.5, 0.6) is 0 Å². The molecule has 14 heteroatoms. The highest BCUT2D eigenvalue weighted by Gasteiger charge is 2.26. The summed E-state index contributed by atoms with van der Waals surface area (Å²) in [5.41, 5.74) is -1.05. The number of ether oxygens (including phenoxy) is 5. The summed E-state index contributed by atoms with van der Waals surface area (Å²) in [6, 6.07) is 0. The van der Waals surface area contributed by atoms with Crippen molar-refractivity contribution in [3.63, 3.8) is 0 Å². The monoisotopic (exact) mass is 889 g/mol. The summed E-state index contributed by atoms with van der Waals surface area (Å²) < 4.78 is 25.9. The van der Waals surface area contributed by atoms with E-state index in [2.05, 4.69) is 17.6 Å². The number of hydrogen-bond acceptors (Lipinski definition) is 12. The van der Waals surface area contributed by atoms with Crippen LogP contribution in [0.1, 0.15) is 169 Å². The zero-order valence-corrected chi connectivity index (χ0v) is 42.4. The topological polar surface area (TPSA) is 190 Å². The fourth-order valence-corrected chi connectivity index (χ4v) is 4.55. The number of esters is 1. The second-order valence-corrected chi connectivity index (χ2v) is 19.0. The lowest BCUT2D eigenvalue weighted by Gasteiger charge is -2.21. The third-order valence-corrected chi connectivity index (χ3v) is 8.77. The number of rotatable bonds is 27. The lowest BCUT2D eigenvalue weighted by molar-refractivity contribution is -0.145. The second kappa shape index (κ2) is 37.3. The molecule has 14 nitrogen and oxygen atoms in total. The summed E-state index contributed by atoms with van der Waals surface area (Å²) in [5, 5.41) is 5.39. The second-order valence-electron chi connectivity index (χ2n) is 19.0. The number of hydrogen-bond donors (Lipinski definition) is 2. The minimum absolute atomic E-state index is 0.00158. The Kier molecular flexibility index (Phi) is 39.5. The molecule has 2 amide bonds. The van der Waals surface area contributed by atoms with Crippen molar-refractivity contribution in [1.29, 1.82) is 0 Å². The molecule has 0 aliphatic heterocycles. The molecule has 366 valence electrons. The van der Waals surface area contributed by atoms with Crippen molar-refractivity contribution in [1.82, 2.24) is 10.6 Å². The van der Waals surface area contributed by atoms with Gasteiger partial charge >= 0.3 is 5.97 Å². The summed E-state index contributed by atoms with van der Waals surface area (Å²) in [6.07, 6.45) is 4.77. The van der Waals surface area contributed by atoms with Crippen LogP contribution in [0.15, 0.2) is 0 Å². The lowest BCUT2D eigenvalue weighted by atomic mass is 9.82. The molecule has 1 unspecified atom stereocenters. The van der Waals surface area contributed by atoms with E-state index in [4.69, 9.17) is 23.7 Å². The molecule has 0 spiro atoms. The van der Waals surface area contributed by atoms with Gasteiger partial charge in [-0.15, -0.1) is 0 Å². The van der Waals surface area contributed by atoms with E-state index >= 15 is 0 Å². The molecular weight excluding hydrogens is 797 g/mol. The zero-order chi connectivity index (χ0) is 49.0. The molecule has 0 aliphatic rings. The Hall–Kier alpha value is -3.07. The molecule has 62 heavy (non-hydrogen) atoms. The fraction of sp³-hybridized carbons (Fsp3) is 0.854. The van der Waals surface area contributed by atoms with Crippen molar-refractivity contribution >= 4 is 40.9 Å². The van der Waals surface area contributed by atoms with Crippen molar-refractivity contribution in [2.45, 2.75) is 169 Å². The van der Waals surface area contributed by atoms with E-state index < -0.39 is 0 Å². The van der Waals surface area contributed by atoms with Crippen molar-refractivity contribution in [2.24, 2.45) is 27.6 Å². The van der Waals surface area contributed by atoms with Gasteiger partial charge in [-0.25, -0.2) is 0 Å². The van der Waals surface area contributed by atoms with Gasteiger partial charge in [0.25, 0.3) is 0 Å². The van der Waals surface area contributed by atoms with Crippen LogP contribution in [0.2, 0.25) is 0 Å². The standard InChI is InChI=1S/C14H27NO4.C14H26O5.C10H19NO2.C10H20O/c1-5-13(17)15-7-9-19-11-10-18-8-6-12(16)14(2,3)4;1-5-13(16)19-11-10-18-9-8-17-7-6-12(15)14(2,3)4;1-5-9(13)11-7-6-8(12)10(2,3)4;1-6-7-8(2)9(11)10(3,4)5/h5-11H2,1-4H3,(H,15,17);5-11H2,1-4H3;5-7H2,1-4H3,(H,11,13);8H,6-7H2,1-5H3. The lowest BCUT2D eigenvalue weighted by Crippen LogP contribution is -2.29. The van der Waals surface area contributed by atoms with Crippen molar-refractivity contribution in [3.05, 3.63) is 0 Å². The molecule has 0 aliphatic carbocycles. The Morgan fingerprint density at radius 3 is 1.15 bits per heavy atom. The molecule has 1 atom stereocenters. The summed E-state index contributed by atoms with van der Waals surface area (Å²) >= 11 is 0. The van der Waals surface area contributed by atoms with Crippen LogP contribution >= 0.6 is 0 Å². The normalized spacial score (nSPS) is 11.9. The van der Waals surface area contributed by atoms with Gasteiger partial charge in [-0.3, -0.25) is 33.6 Å². The Morgan fingerprint density at radius 2 is 0.790 bits per heavy atom. The van der Waals surface area contributed by atoms with Gasteiger partial charge in [-0.1, -0.05) is 124 Å². The van der Waals surface area contributed by atoms with E-state index in [0.717, 1.165) is 12.8 Å². The Morgan fingerprint density at radius 1 is 0.435 bits per heavy atom. The first-order chi connectivity index (χ1) is 28.5. The highest BCUT2D eigenvalue weighted by molar-refractivity contribution is 5.86. The summed E-state index contributed by atoms with van der Waals surface area (Å²) in [7, 11) is 0.